The molecule has 7 heteroatoms. The number of carbonyl (C=O) groups is 2. The summed E-state index contributed by atoms with van der Waals surface area (Å²) >= 11 is 1.67. The topological polar surface area (TPSA) is 58.6 Å². The van der Waals surface area contributed by atoms with E-state index in [1.54, 1.807) is 35.5 Å². The number of halogens is 1. The van der Waals surface area contributed by atoms with Crippen LogP contribution in [0.15, 0.2) is 41.8 Å². The number of amides is 2. The second-order valence-corrected chi connectivity index (χ2v) is 7.87. The molecule has 0 radical (unpaired) electrons. The van der Waals surface area contributed by atoms with Crippen LogP contribution in [0.5, 0.6) is 0 Å². The zero-order valence-corrected chi connectivity index (χ0v) is 16.7. The molecule has 1 aliphatic rings. The lowest BCUT2D eigenvalue weighted by Crippen LogP contribution is -2.49. The Kier molecular flexibility index (Phi) is 7.17. The summed E-state index contributed by atoms with van der Waals surface area (Å²) < 4.78 is 18.6. The Hall–Kier alpha value is -2.25. The SMILES string of the molecule is COCCN1C(=O)CCC(C(=O)NCCc2cccs2)C1c1ccc(F)cc1. The maximum Gasteiger partial charge on any atom is 0.225 e. The average Bonchev–Trinajstić information content (AvgIpc) is 3.21. The van der Waals surface area contributed by atoms with E-state index in [-0.39, 0.29) is 23.5 Å². The maximum atomic E-state index is 13.4. The predicted molar refractivity (Wildman–Crippen MR) is 106 cm³/mol. The quantitative estimate of drug-likeness (QED) is 0.735. The van der Waals surface area contributed by atoms with Gasteiger partial charge in [-0.15, -0.1) is 11.3 Å². The Balaban J connectivity index is 1.76. The number of rotatable bonds is 8. The van der Waals surface area contributed by atoms with Crippen LogP contribution in [0.3, 0.4) is 0 Å². The maximum absolute atomic E-state index is 13.4. The summed E-state index contributed by atoms with van der Waals surface area (Å²) in [5, 5.41) is 5.03. The van der Waals surface area contributed by atoms with Crippen LogP contribution in [-0.2, 0) is 20.7 Å². The van der Waals surface area contributed by atoms with Crippen molar-refractivity contribution in [3.8, 4) is 0 Å². The Morgan fingerprint density at radius 1 is 1.32 bits per heavy atom. The van der Waals surface area contributed by atoms with Crippen molar-refractivity contribution >= 4 is 23.2 Å². The number of hydrogen-bond donors (Lipinski definition) is 1. The molecule has 2 amide bonds. The standard InChI is InChI=1S/C21H25FN2O3S/c1-27-13-12-24-19(25)9-8-18(20(24)15-4-6-16(22)7-5-15)21(26)23-11-10-17-3-2-14-28-17/h2-7,14,18,20H,8-13H2,1H3,(H,23,26). The normalized spacial score (nSPS) is 19.6. The van der Waals surface area contributed by atoms with Gasteiger partial charge in [0.05, 0.1) is 18.6 Å². The molecule has 2 unspecified atom stereocenters. The minimum absolute atomic E-state index is 0.00555. The van der Waals surface area contributed by atoms with Crippen molar-refractivity contribution in [2.45, 2.75) is 25.3 Å². The number of nitrogens with one attached hydrogen (secondary N) is 1. The first-order valence-electron chi connectivity index (χ1n) is 9.44. The minimum atomic E-state index is -0.418. The summed E-state index contributed by atoms with van der Waals surface area (Å²) in [5.41, 5.74) is 0.768. The summed E-state index contributed by atoms with van der Waals surface area (Å²) in [5.74, 6) is -0.788. The Morgan fingerprint density at radius 2 is 2.11 bits per heavy atom. The highest BCUT2D eigenvalue weighted by Crippen LogP contribution is 2.37. The number of hydrogen-bond acceptors (Lipinski definition) is 4. The van der Waals surface area contributed by atoms with E-state index in [4.69, 9.17) is 4.74 Å². The van der Waals surface area contributed by atoms with Crippen LogP contribution in [0.1, 0.15) is 29.3 Å². The fourth-order valence-electron chi connectivity index (χ4n) is 3.65. The molecule has 2 atom stereocenters. The highest BCUT2D eigenvalue weighted by Gasteiger charge is 2.40. The first-order chi connectivity index (χ1) is 13.6. The zero-order chi connectivity index (χ0) is 19.9. The Morgan fingerprint density at radius 3 is 2.79 bits per heavy atom. The molecule has 2 aromatic rings. The van der Waals surface area contributed by atoms with E-state index in [1.807, 2.05) is 17.5 Å². The first-order valence-corrected chi connectivity index (χ1v) is 10.3. The molecule has 0 aliphatic carbocycles. The van der Waals surface area contributed by atoms with Gasteiger partial charge < -0.3 is 15.0 Å². The van der Waals surface area contributed by atoms with Crippen LogP contribution in [0, 0.1) is 11.7 Å². The molecule has 1 fully saturated rings. The molecule has 1 aromatic carbocycles. The third-order valence-corrected chi connectivity index (χ3v) is 5.98. The largest absolute Gasteiger partial charge is 0.383 e. The monoisotopic (exact) mass is 404 g/mol. The van der Waals surface area contributed by atoms with E-state index in [1.165, 1.54) is 17.0 Å². The lowest BCUT2D eigenvalue weighted by Gasteiger charge is -2.40. The lowest BCUT2D eigenvalue weighted by atomic mass is 9.83. The predicted octanol–water partition coefficient (Wildman–Crippen LogP) is 3.17. The number of likely N-dealkylation sites (tertiary alicyclic amines) is 1. The van der Waals surface area contributed by atoms with Crippen molar-refractivity contribution in [2.24, 2.45) is 5.92 Å². The number of methoxy groups -OCH3 is 1. The third kappa shape index (κ3) is 4.97. The number of thiophene rings is 1. The average molecular weight is 405 g/mol. The molecule has 1 aromatic heterocycles. The van der Waals surface area contributed by atoms with Gasteiger partial charge >= 0.3 is 0 Å². The number of piperidine rings is 1. The molecule has 1 N–H and O–H groups in total. The van der Waals surface area contributed by atoms with Crippen LogP contribution < -0.4 is 5.32 Å². The van der Waals surface area contributed by atoms with Gasteiger partial charge in [-0.25, -0.2) is 4.39 Å². The number of nitrogens with zero attached hydrogens (tertiary/aromatic N) is 1. The van der Waals surface area contributed by atoms with Crippen LogP contribution in [0.2, 0.25) is 0 Å². The second-order valence-electron chi connectivity index (χ2n) is 6.84. The van der Waals surface area contributed by atoms with Crippen molar-refractivity contribution < 1.29 is 18.7 Å². The first kappa shape index (κ1) is 20.5. The van der Waals surface area contributed by atoms with E-state index >= 15 is 0 Å². The summed E-state index contributed by atoms with van der Waals surface area (Å²) in [6.45, 7) is 1.34. The highest BCUT2D eigenvalue weighted by molar-refractivity contribution is 7.09. The van der Waals surface area contributed by atoms with Crippen molar-refractivity contribution in [2.75, 3.05) is 26.8 Å². The fourth-order valence-corrected chi connectivity index (χ4v) is 4.36. The van der Waals surface area contributed by atoms with Crippen LogP contribution in [0.25, 0.3) is 0 Å². The fraction of sp³-hybridized carbons (Fsp3) is 0.429. The summed E-state index contributed by atoms with van der Waals surface area (Å²) in [4.78, 5) is 28.4. The molecular weight excluding hydrogens is 379 g/mol. The number of ether oxygens (including phenoxy) is 1. The number of carbonyl (C=O) groups excluding carboxylic acids is 2. The van der Waals surface area contributed by atoms with Gasteiger partial charge in [-0.2, -0.15) is 0 Å². The second kappa shape index (κ2) is 9.80. The molecule has 150 valence electrons. The molecule has 0 saturated carbocycles. The van der Waals surface area contributed by atoms with Crippen LogP contribution in [-0.4, -0.2) is 43.5 Å². The molecule has 0 bridgehead atoms. The summed E-state index contributed by atoms with van der Waals surface area (Å²) in [7, 11) is 1.58. The molecule has 0 spiro atoms. The van der Waals surface area contributed by atoms with Gasteiger partial charge in [-0.3, -0.25) is 9.59 Å². The van der Waals surface area contributed by atoms with E-state index in [9.17, 15) is 14.0 Å². The van der Waals surface area contributed by atoms with Gasteiger partial charge in [0.2, 0.25) is 11.8 Å². The van der Waals surface area contributed by atoms with E-state index in [0.29, 0.717) is 32.5 Å². The van der Waals surface area contributed by atoms with Gasteiger partial charge in [-0.1, -0.05) is 18.2 Å². The van der Waals surface area contributed by atoms with Gasteiger partial charge in [-0.05, 0) is 42.0 Å². The zero-order valence-electron chi connectivity index (χ0n) is 15.9. The number of benzene rings is 1. The van der Waals surface area contributed by atoms with Crippen molar-refractivity contribution in [3.05, 3.63) is 58.0 Å². The molecule has 28 heavy (non-hydrogen) atoms. The molecule has 1 aliphatic heterocycles. The van der Waals surface area contributed by atoms with E-state index in [2.05, 4.69) is 5.32 Å². The van der Waals surface area contributed by atoms with Crippen molar-refractivity contribution in [1.29, 1.82) is 0 Å². The van der Waals surface area contributed by atoms with Gasteiger partial charge in [0, 0.05) is 31.5 Å². The summed E-state index contributed by atoms with van der Waals surface area (Å²) in [6.07, 6.45) is 1.59. The third-order valence-electron chi connectivity index (χ3n) is 5.04. The molecule has 5 nitrogen and oxygen atoms in total. The Labute approximate surface area is 168 Å². The van der Waals surface area contributed by atoms with Crippen LogP contribution >= 0.6 is 11.3 Å². The van der Waals surface area contributed by atoms with Crippen LogP contribution in [0.4, 0.5) is 4.39 Å². The van der Waals surface area contributed by atoms with Gasteiger partial charge in [0.25, 0.3) is 0 Å². The van der Waals surface area contributed by atoms with E-state index in [0.717, 1.165) is 12.0 Å². The molecule has 3 rings (SSSR count). The molecule has 2 heterocycles. The highest BCUT2D eigenvalue weighted by atomic mass is 32.1. The van der Waals surface area contributed by atoms with Crippen molar-refractivity contribution in [1.82, 2.24) is 10.2 Å². The van der Waals surface area contributed by atoms with Gasteiger partial charge in [0.1, 0.15) is 5.82 Å². The Bertz CT molecular complexity index is 779. The van der Waals surface area contributed by atoms with Gasteiger partial charge in [0.15, 0.2) is 0 Å². The smallest absolute Gasteiger partial charge is 0.225 e. The molecule has 1 saturated heterocycles. The summed E-state index contributed by atoms with van der Waals surface area (Å²) in [6, 6.07) is 9.67. The lowest BCUT2D eigenvalue weighted by molar-refractivity contribution is -0.144. The molecular formula is C21H25FN2O3S. The van der Waals surface area contributed by atoms with Crippen molar-refractivity contribution in [3.63, 3.8) is 0 Å². The minimum Gasteiger partial charge on any atom is -0.383 e. The van der Waals surface area contributed by atoms with E-state index < -0.39 is 6.04 Å².